The molecule has 0 radical (unpaired) electrons. The number of anilines is 12. The topological polar surface area (TPSA) is 13.0 Å². The van der Waals surface area contributed by atoms with Crippen LogP contribution in [0, 0.1) is 0 Å². The predicted molar refractivity (Wildman–Crippen MR) is 384 cm³/mol. The minimum absolute atomic E-state index is 1.08. The molecule has 0 atom stereocenters. The Hall–Kier alpha value is -12.0. The number of para-hydroxylation sites is 6. The standard InChI is InChI=1S/C86H64N4/c1-7-21-71(22-8-1)87(72-23-9-2-10-24-72)77-51-39-65(40-52-77)35-37-67-43-55-79(56-44-67)89(75-29-15-5-16-30-75)81-59-47-69(48-60-81)83-63-64-84(86-34-20-19-33-85(83)86)70-49-61-82(62-50-70)90(76-31-17-6-18-32-76)80-57-45-68(46-58-80)38-36-66-41-53-78(54-42-66)88(73-25-11-3-12-26-73)74-27-13-4-14-28-74/h1-64H/b37-35+,38-36+. The highest BCUT2D eigenvalue weighted by molar-refractivity contribution is 6.05. The van der Waals surface area contributed by atoms with E-state index in [1.165, 1.54) is 21.9 Å². The maximum Gasteiger partial charge on any atom is 0.0462 e. The zero-order valence-corrected chi connectivity index (χ0v) is 49.7. The van der Waals surface area contributed by atoms with Gasteiger partial charge in [0.15, 0.2) is 0 Å². The molecule has 14 aromatic carbocycles. The lowest BCUT2D eigenvalue weighted by Crippen LogP contribution is -2.09. The minimum Gasteiger partial charge on any atom is -0.311 e. The molecule has 0 aromatic heterocycles. The second-order valence-corrected chi connectivity index (χ2v) is 22.2. The third-order valence-corrected chi connectivity index (χ3v) is 16.4. The van der Waals surface area contributed by atoms with Crippen LogP contribution in [-0.4, -0.2) is 0 Å². The highest BCUT2D eigenvalue weighted by Crippen LogP contribution is 2.42. The van der Waals surface area contributed by atoms with Crippen molar-refractivity contribution >= 4 is 103 Å². The van der Waals surface area contributed by atoms with E-state index in [1.54, 1.807) is 0 Å². The van der Waals surface area contributed by atoms with Gasteiger partial charge in [0, 0.05) is 68.2 Å². The number of hydrogen-bond donors (Lipinski definition) is 0. The van der Waals surface area contributed by atoms with Gasteiger partial charge in [-0.05, 0) is 201 Å². The molecule has 0 spiro atoms. The molecule has 0 bridgehead atoms. The molecule has 0 aliphatic rings. The number of hydrogen-bond acceptors (Lipinski definition) is 4. The van der Waals surface area contributed by atoms with Crippen molar-refractivity contribution in [1.82, 2.24) is 0 Å². The smallest absolute Gasteiger partial charge is 0.0462 e. The summed E-state index contributed by atoms with van der Waals surface area (Å²) in [4.78, 5) is 9.22. The summed E-state index contributed by atoms with van der Waals surface area (Å²) in [5.41, 5.74) is 22.5. The van der Waals surface area contributed by atoms with Gasteiger partial charge >= 0.3 is 0 Å². The van der Waals surface area contributed by atoms with E-state index in [-0.39, 0.29) is 0 Å². The van der Waals surface area contributed by atoms with Gasteiger partial charge in [0.2, 0.25) is 0 Å². The summed E-state index contributed by atoms with van der Waals surface area (Å²) in [6, 6.07) is 130. The molecule has 0 saturated carbocycles. The number of rotatable bonds is 18. The summed E-state index contributed by atoms with van der Waals surface area (Å²) < 4.78 is 0. The molecule has 428 valence electrons. The molecule has 0 aliphatic heterocycles. The summed E-state index contributed by atoms with van der Waals surface area (Å²) >= 11 is 0. The Morgan fingerprint density at radius 2 is 0.311 bits per heavy atom. The van der Waals surface area contributed by atoms with E-state index < -0.39 is 0 Å². The van der Waals surface area contributed by atoms with Crippen molar-refractivity contribution in [3.63, 3.8) is 0 Å². The van der Waals surface area contributed by atoms with Crippen molar-refractivity contribution < 1.29 is 0 Å². The number of benzene rings is 14. The van der Waals surface area contributed by atoms with Gasteiger partial charge in [-0.1, -0.05) is 243 Å². The molecule has 0 saturated heterocycles. The quantitative estimate of drug-likeness (QED) is 0.0794. The summed E-state index contributed by atoms with van der Waals surface area (Å²) in [5, 5.41) is 2.42. The van der Waals surface area contributed by atoms with Gasteiger partial charge in [-0.2, -0.15) is 0 Å². The fraction of sp³-hybridized carbons (Fsp3) is 0. The van der Waals surface area contributed by atoms with E-state index in [1.807, 2.05) is 0 Å². The molecule has 0 fully saturated rings. The summed E-state index contributed by atoms with van der Waals surface area (Å²) in [6.45, 7) is 0. The highest BCUT2D eigenvalue weighted by Gasteiger charge is 2.18. The van der Waals surface area contributed by atoms with Crippen LogP contribution in [0.4, 0.5) is 68.2 Å². The van der Waals surface area contributed by atoms with E-state index in [0.29, 0.717) is 0 Å². The van der Waals surface area contributed by atoms with Crippen LogP contribution in [0.2, 0.25) is 0 Å². The van der Waals surface area contributed by atoms with Crippen molar-refractivity contribution in [2.24, 2.45) is 0 Å². The van der Waals surface area contributed by atoms with Crippen molar-refractivity contribution in [3.05, 3.63) is 386 Å². The fourth-order valence-electron chi connectivity index (χ4n) is 12.0. The zero-order chi connectivity index (χ0) is 60.3. The zero-order valence-electron chi connectivity index (χ0n) is 49.7. The monoisotopic (exact) mass is 1150 g/mol. The lowest BCUT2D eigenvalue weighted by atomic mass is 9.92. The normalized spacial score (nSPS) is 11.2. The minimum atomic E-state index is 1.08. The Morgan fingerprint density at radius 3 is 0.511 bits per heavy atom. The third kappa shape index (κ3) is 12.4. The van der Waals surface area contributed by atoms with E-state index in [2.05, 4.69) is 408 Å². The Kier molecular flexibility index (Phi) is 16.3. The highest BCUT2D eigenvalue weighted by atomic mass is 15.2. The van der Waals surface area contributed by atoms with Crippen LogP contribution in [0.5, 0.6) is 0 Å². The van der Waals surface area contributed by atoms with Crippen LogP contribution < -0.4 is 19.6 Å². The first-order valence-electron chi connectivity index (χ1n) is 30.6. The van der Waals surface area contributed by atoms with Crippen molar-refractivity contribution in [1.29, 1.82) is 0 Å². The molecule has 0 heterocycles. The van der Waals surface area contributed by atoms with Gasteiger partial charge in [0.25, 0.3) is 0 Å². The fourth-order valence-corrected chi connectivity index (χ4v) is 12.0. The molecule has 4 heteroatoms. The molecular weight excluding hydrogens is 1090 g/mol. The molecule has 0 unspecified atom stereocenters. The first kappa shape index (κ1) is 55.9. The van der Waals surface area contributed by atoms with Crippen LogP contribution in [-0.2, 0) is 0 Å². The average molecular weight is 1150 g/mol. The summed E-state index contributed by atoms with van der Waals surface area (Å²) in [6.07, 6.45) is 8.74. The maximum atomic E-state index is 2.33. The Bertz CT molecular complexity index is 4290. The SMILES string of the molecule is C(=C\c1ccc(N(c2ccccc2)c2ccc(-c3ccc(-c4ccc(N(c5ccccc5)c5ccc(/C=C/c6ccc(N(c7ccccc7)c7ccccc7)cc6)cc5)cc4)c4ccccc34)cc2)cc1)/c1ccc(N(c2ccccc2)c2ccccc2)cc1. The molecule has 90 heavy (non-hydrogen) atoms. The second kappa shape index (κ2) is 26.3. The number of nitrogens with zero attached hydrogens (tertiary/aromatic N) is 4. The molecule has 14 rings (SSSR count). The van der Waals surface area contributed by atoms with Crippen LogP contribution in [0.15, 0.2) is 364 Å². The van der Waals surface area contributed by atoms with Gasteiger partial charge in [0.1, 0.15) is 0 Å². The molecule has 0 N–H and O–H groups in total. The van der Waals surface area contributed by atoms with Gasteiger partial charge < -0.3 is 19.6 Å². The van der Waals surface area contributed by atoms with Crippen LogP contribution in [0.25, 0.3) is 57.3 Å². The van der Waals surface area contributed by atoms with E-state index in [0.717, 1.165) is 102 Å². The lowest BCUT2D eigenvalue weighted by molar-refractivity contribution is 1.28. The van der Waals surface area contributed by atoms with Gasteiger partial charge in [-0.15, -0.1) is 0 Å². The van der Waals surface area contributed by atoms with Gasteiger partial charge in [-0.25, -0.2) is 0 Å². The average Bonchev–Trinajstić information content (AvgIpc) is 1.20. The van der Waals surface area contributed by atoms with Crippen LogP contribution >= 0.6 is 0 Å². The second-order valence-electron chi connectivity index (χ2n) is 22.2. The largest absolute Gasteiger partial charge is 0.311 e. The van der Waals surface area contributed by atoms with Crippen molar-refractivity contribution in [2.45, 2.75) is 0 Å². The first-order chi connectivity index (χ1) is 44.6. The molecule has 0 amide bonds. The maximum absolute atomic E-state index is 2.33. The Labute approximate surface area is 528 Å². The molecular formula is C86H64N4. The predicted octanol–water partition coefficient (Wildman–Crippen LogP) is 24.4. The Balaban J connectivity index is 0.677. The van der Waals surface area contributed by atoms with Crippen molar-refractivity contribution in [3.8, 4) is 22.3 Å². The van der Waals surface area contributed by atoms with Crippen LogP contribution in [0.3, 0.4) is 0 Å². The van der Waals surface area contributed by atoms with E-state index >= 15 is 0 Å². The number of fused-ring (bicyclic) bond motifs is 1. The van der Waals surface area contributed by atoms with Crippen LogP contribution in [0.1, 0.15) is 22.3 Å². The van der Waals surface area contributed by atoms with Gasteiger partial charge in [0.05, 0.1) is 0 Å². The first-order valence-corrected chi connectivity index (χ1v) is 30.6. The van der Waals surface area contributed by atoms with Gasteiger partial charge in [-0.3, -0.25) is 0 Å². The summed E-state index contributed by atoms with van der Waals surface area (Å²) in [7, 11) is 0. The molecule has 4 nitrogen and oxygen atoms in total. The lowest BCUT2D eigenvalue weighted by Gasteiger charge is -2.26. The molecule has 14 aromatic rings. The van der Waals surface area contributed by atoms with Crippen molar-refractivity contribution in [2.75, 3.05) is 19.6 Å². The third-order valence-electron chi connectivity index (χ3n) is 16.4. The summed E-state index contributed by atoms with van der Waals surface area (Å²) in [5.74, 6) is 0. The van der Waals surface area contributed by atoms with E-state index in [4.69, 9.17) is 0 Å². The van der Waals surface area contributed by atoms with E-state index in [9.17, 15) is 0 Å². The Morgan fingerprint density at radius 1 is 0.144 bits per heavy atom. The molecule has 0 aliphatic carbocycles.